The maximum absolute atomic E-state index is 8.69. The van der Waals surface area contributed by atoms with E-state index in [2.05, 4.69) is 10.2 Å². The summed E-state index contributed by atoms with van der Waals surface area (Å²) in [6.45, 7) is 2.24. The predicted molar refractivity (Wildman–Crippen MR) is 54.1 cm³/mol. The van der Waals surface area contributed by atoms with Gasteiger partial charge in [-0.25, -0.2) is 0 Å². The summed E-state index contributed by atoms with van der Waals surface area (Å²) in [7, 11) is 0. The number of aliphatic hydroxyl groups excluding tert-OH is 1. The van der Waals surface area contributed by atoms with Gasteiger partial charge >= 0.3 is 0 Å². The van der Waals surface area contributed by atoms with Gasteiger partial charge in [-0.2, -0.15) is 0 Å². The quantitative estimate of drug-likeness (QED) is 0.786. The highest BCUT2D eigenvalue weighted by Crippen LogP contribution is 2.22. The number of rotatable bonds is 4. The van der Waals surface area contributed by atoms with E-state index >= 15 is 0 Å². The second kappa shape index (κ2) is 5.42. The minimum absolute atomic E-state index is 0.204. The average molecular weight is 219 g/mol. The molecule has 3 nitrogen and oxygen atoms in total. The molecule has 13 heavy (non-hydrogen) atoms. The molecular formula is C8H11ClN2OS. The summed E-state index contributed by atoms with van der Waals surface area (Å²) in [4.78, 5) is 0. The van der Waals surface area contributed by atoms with Gasteiger partial charge in [0.05, 0.1) is 0 Å². The number of nitrogens with zero attached hydrogens (tertiary/aromatic N) is 2. The van der Waals surface area contributed by atoms with Crippen LogP contribution >= 0.6 is 23.4 Å². The molecule has 1 unspecified atom stereocenters. The summed E-state index contributed by atoms with van der Waals surface area (Å²) < 4.78 is 0. The van der Waals surface area contributed by atoms with Crippen LogP contribution in [0.4, 0.5) is 0 Å². The van der Waals surface area contributed by atoms with Gasteiger partial charge in [0.1, 0.15) is 5.03 Å². The molecule has 0 spiro atoms. The van der Waals surface area contributed by atoms with Crippen LogP contribution in [0.5, 0.6) is 0 Å². The molecule has 0 aliphatic rings. The minimum Gasteiger partial charge on any atom is -0.396 e. The van der Waals surface area contributed by atoms with Gasteiger partial charge < -0.3 is 5.11 Å². The molecule has 0 aliphatic carbocycles. The number of aliphatic hydroxyl groups is 1. The topological polar surface area (TPSA) is 46.0 Å². The van der Waals surface area contributed by atoms with Crippen LogP contribution in [0.15, 0.2) is 17.2 Å². The first kappa shape index (κ1) is 10.8. The minimum atomic E-state index is 0.204. The van der Waals surface area contributed by atoms with Crippen molar-refractivity contribution in [1.29, 1.82) is 0 Å². The Kier molecular flexibility index (Phi) is 4.48. The maximum atomic E-state index is 8.69. The second-order valence-electron chi connectivity index (χ2n) is 2.64. The van der Waals surface area contributed by atoms with Gasteiger partial charge in [0.25, 0.3) is 0 Å². The molecular weight excluding hydrogens is 208 g/mol. The van der Waals surface area contributed by atoms with Crippen LogP contribution in [0, 0.1) is 0 Å². The third-order valence-corrected chi connectivity index (χ3v) is 2.76. The van der Waals surface area contributed by atoms with Crippen molar-refractivity contribution in [2.45, 2.75) is 23.6 Å². The van der Waals surface area contributed by atoms with E-state index in [0.717, 1.165) is 11.4 Å². The Morgan fingerprint density at radius 1 is 1.54 bits per heavy atom. The standard InChI is InChI=1S/C8H11ClN2OS/c1-6(4-5-12)13-8-3-2-7(9)10-11-8/h2-3,6,12H,4-5H2,1H3. The summed E-state index contributed by atoms with van der Waals surface area (Å²) in [6, 6.07) is 3.54. The van der Waals surface area contributed by atoms with Crippen molar-refractivity contribution >= 4 is 23.4 Å². The first-order chi connectivity index (χ1) is 6.22. The van der Waals surface area contributed by atoms with Crippen molar-refractivity contribution in [1.82, 2.24) is 10.2 Å². The molecule has 0 saturated heterocycles. The Labute approximate surface area is 86.5 Å². The lowest BCUT2D eigenvalue weighted by atomic mass is 10.3. The van der Waals surface area contributed by atoms with Crippen LogP contribution in [-0.2, 0) is 0 Å². The zero-order valence-electron chi connectivity index (χ0n) is 7.27. The van der Waals surface area contributed by atoms with Gasteiger partial charge in [-0.1, -0.05) is 18.5 Å². The molecule has 0 saturated carbocycles. The summed E-state index contributed by atoms with van der Waals surface area (Å²) in [5.41, 5.74) is 0. The first-order valence-electron chi connectivity index (χ1n) is 3.99. The van der Waals surface area contributed by atoms with E-state index in [-0.39, 0.29) is 6.61 Å². The molecule has 1 aromatic rings. The molecule has 1 atom stereocenters. The predicted octanol–water partition coefficient (Wildman–Crippen LogP) is 1.99. The number of halogens is 1. The van der Waals surface area contributed by atoms with E-state index in [0.29, 0.717) is 10.4 Å². The highest BCUT2D eigenvalue weighted by atomic mass is 35.5. The van der Waals surface area contributed by atoms with Crippen LogP contribution in [0.3, 0.4) is 0 Å². The van der Waals surface area contributed by atoms with Crippen molar-refractivity contribution in [3.63, 3.8) is 0 Å². The summed E-state index contributed by atoms with van der Waals surface area (Å²) in [5, 5.41) is 17.9. The Morgan fingerprint density at radius 3 is 2.85 bits per heavy atom. The van der Waals surface area contributed by atoms with Crippen molar-refractivity contribution in [3.05, 3.63) is 17.3 Å². The van der Waals surface area contributed by atoms with Crippen molar-refractivity contribution in [2.75, 3.05) is 6.61 Å². The van der Waals surface area contributed by atoms with E-state index < -0.39 is 0 Å². The Hall–Kier alpha value is -0.320. The molecule has 72 valence electrons. The van der Waals surface area contributed by atoms with Crippen LogP contribution in [0.25, 0.3) is 0 Å². The summed E-state index contributed by atoms with van der Waals surface area (Å²) in [5.74, 6) is 0. The highest BCUT2D eigenvalue weighted by Gasteiger charge is 2.04. The smallest absolute Gasteiger partial charge is 0.151 e. The number of hydrogen-bond acceptors (Lipinski definition) is 4. The first-order valence-corrected chi connectivity index (χ1v) is 5.25. The fraction of sp³-hybridized carbons (Fsp3) is 0.500. The Morgan fingerprint density at radius 2 is 2.31 bits per heavy atom. The second-order valence-corrected chi connectivity index (χ2v) is 4.48. The third kappa shape index (κ3) is 3.93. The molecule has 0 aromatic carbocycles. The lowest BCUT2D eigenvalue weighted by Gasteiger charge is -2.06. The van der Waals surface area contributed by atoms with E-state index in [4.69, 9.17) is 16.7 Å². The maximum Gasteiger partial charge on any atom is 0.151 e. The van der Waals surface area contributed by atoms with E-state index in [1.807, 2.05) is 13.0 Å². The van der Waals surface area contributed by atoms with Crippen molar-refractivity contribution in [3.8, 4) is 0 Å². The monoisotopic (exact) mass is 218 g/mol. The van der Waals surface area contributed by atoms with Gasteiger partial charge in [0.2, 0.25) is 0 Å². The zero-order chi connectivity index (χ0) is 9.68. The Balaban J connectivity index is 2.49. The van der Waals surface area contributed by atoms with Crippen LogP contribution < -0.4 is 0 Å². The van der Waals surface area contributed by atoms with Gasteiger partial charge in [0.15, 0.2) is 5.15 Å². The molecule has 0 radical (unpaired) electrons. The SMILES string of the molecule is CC(CCO)Sc1ccc(Cl)nn1. The molecule has 0 amide bonds. The fourth-order valence-electron chi connectivity index (χ4n) is 0.813. The van der Waals surface area contributed by atoms with Crippen LogP contribution in [-0.4, -0.2) is 27.2 Å². The number of aromatic nitrogens is 2. The summed E-state index contributed by atoms with van der Waals surface area (Å²) in [6.07, 6.45) is 0.759. The lowest BCUT2D eigenvalue weighted by Crippen LogP contribution is -2.00. The van der Waals surface area contributed by atoms with E-state index in [1.165, 1.54) is 0 Å². The van der Waals surface area contributed by atoms with Gasteiger partial charge in [-0.15, -0.1) is 22.0 Å². The van der Waals surface area contributed by atoms with Crippen LogP contribution in [0.1, 0.15) is 13.3 Å². The fourth-order valence-corrected chi connectivity index (χ4v) is 1.78. The van der Waals surface area contributed by atoms with Gasteiger partial charge in [0, 0.05) is 11.9 Å². The van der Waals surface area contributed by atoms with E-state index in [1.54, 1.807) is 17.8 Å². The van der Waals surface area contributed by atoms with Crippen LogP contribution in [0.2, 0.25) is 5.15 Å². The molecule has 5 heteroatoms. The van der Waals surface area contributed by atoms with Gasteiger partial charge in [-0.3, -0.25) is 0 Å². The normalized spacial score (nSPS) is 12.8. The molecule has 1 N–H and O–H groups in total. The average Bonchev–Trinajstić information content (AvgIpc) is 2.09. The third-order valence-electron chi connectivity index (χ3n) is 1.47. The number of hydrogen-bond donors (Lipinski definition) is 1. The zero-order valence-corrected chi connectivity index (χ0v) is 8.85. The Bertz CT molecular complexity index is 255. The molecule has 0 aliphatic heterocycles. The van der Waals surface area contributed by atoms with Crippen molar-refractivity contribution < 1.29 is 5.11 Å². The summed E-state index contributed by atoms with van der Waals surface area (Å²) >= 11 is 7.17. The molecule has 0 bridgehead atoms. The van der Waals surface area contributed by atoms with Gasteiger partial charge in [-0.05, 0) is 18.6 Å². The van der Waals surface area contributed by atoms with Crippen molar-refractivity contribution in [2.24, 2.45) is 0 Å². The molecule has 1 heterocycles. The largest absolute Gasteiger partial charge is 0.396 e. The van der Waals surface area contributed by atoms with E-state index in [9.17, 15) is 0 Å². The molecule has 0 fully saturated rings. The number of thioether (sulfide) groups is 1. The highest BCUT2D eigenvalue weighted by molar-refractivity contribution is 7.99. The molecule has 1 rings (SSSR count). The lowest BCUT2D eigenvalue weighted by molar-refractivity contribution is 0.289. The molecule has 1 aromatic heterocycles.